The molecular formula is C19H16BrCl2F3N4OS. The van der Waals surface area contributed by atoms with E-state index in [0.717, 1.165) is 27.0 Å². The summed E-state index contributed by atoms with van der Waals surface area (Å²) in [4.78, 5) is 25.5. The first kappa shape index (κ1) is 25.6. The molecule has 12 heteroatoms. The number of aromatic nitrogens is 4. The average Bonchev–Trinajstić information content (AvgIpc) is 2.67. The van der Waals surface area contributed by atoms with Gasteiger partial charge >= 0.3 is 6.18 Å². The summed E-state index contributed by atoms with van der Waals surface area (Å²) in [6, 6.07) is 0.429. The minimum absolute atomic E-state index is 0.0593. The summed E-state index contributed by atoms with van der Waals surface area (Å²) in [5.74, 6) is -0.00361. The molecule has 0 saturated carbocycles. The molecule has 3 aromatic rings. The van der Waals surface area contributed by atoms with Gasteiger partial charge in [0.25, 0.3) is 5.56 Å². The largest absolute Gasteiger partial charge is 0.433 e. The first-order valence-corrected chi connectivity index (χ1v) is 11.4. The van der Waals surface area contributed by atoms with Gasteiger partial charge in [0.05, 0.1) is 15.8 Å². The Labute approximate surface area is 199 Å². The van der Waals surface area contributed by atoms with Crippen LogP contribution in [0.25, 0.3) is 0 Å². The number of alkyl halides is 4. The summed E-state index contributed by atoms with van der Waals surface area (Å²) in [6.07, 6.45) is 1.85. The highest BCUT2D eigenvalue weighted by molar-refractivity contribution is 9.08. The van der Waals surface area contributed by atoms with E-state index in [4.69, 9.17) is 23.2 Å². The van der Waals surface area contributed by atoms with Crippen molar-refractivity contribution in [2.24, 2.45) is 0 Å². The molecule has 0 aliphatic carbocycles. The molecule has 1 N–H and O–H groups in total. The maximum atomic E-state index is 12.6. The molecule has 3 heterocycles. The van der Waals surface area contributed by atoms with E-state index in [-0.39, 0.29) is 11.6 Å². The van der Waals surface area contributed by atoms with Crippen LogP contribution in [0, 0.1) is 13.8 Å². The molecule has 0 aliphatic rings. The maximum Gasteiger partial charge on any atom is 0.433 e. The fourth-order valence-electron chi connectivity index (χ4n) is 2.29. The molecule has 0 radical (unpaired) electrons. The van der Waals surface area contributed by atoms with Gasteiger partial charge in [0.2, 0.25) is 0 Å². The van der Waals surface area contributed by atoms with Crippen LogP contribution in [-0.2, 0) is 17.3 Å². The smallest absolute Gasteiger partial charge is 0.310 e. The normalized spacial score (nSPS) is 11.1. The van der Waals surface area contributed by atoms with Crippen molar-refractivity contribution in [1.82, 2.24) is 19.9 Å². The van der Waals surface area contributed by atoms with Gasteiger partial charge in [-0.2, -0.15) is 13.2 Å². The lowest BCUT2D eigenvalue weighted by molar-refractivity contribution is -0.141. The van der Waals surface area contributed by atoms with Gasteiger partial charge in [0.1, 0.15) is 5.82 Å². The number of halogens is 6. The van der Waals surface area contributed by atoms with Crippen LogP contribution in [0.15, 0.2) is 40.5 Å². The molecule has 31 heavy (non-hydrogen) atoms. The van der Waals surface area contributed by atoms with Crippen molar-refractivity contribution in [2.45, 2.75) is 36.0 Å². The molecule has 0 unspecified atom stereocenters. The molecule has 0 saturated heterocycles. The highest BCUT2D eigenvalue weighted by Gasteiger charge is 2.33. The van der Waals surface area contributed by atoms with E-state index in [1.165, 1.54) is 18.0 Å². The zero-order chi connectivity index (χ0) is 23.2. The number of aryl methyl sites for hydroxylation is 2. The summed E-state index contributed by atoms with van der Waals surface area (Å²) in [5.41, 5.74) is 0.993. The Bertz CT molecular complexity index is 1070. The molecule has 3 rings (SSSR count). The first-order chi connectivity index (χ1) is 14.5. The molecule has 0 bridgehead atoms. The Morgan fingerprint density at radius 3 is 2.19 bits per heavy atom. The van der Waals surface area contributed by atoms with Gasteiger partial charge in [0, 0.05) is 41.1 Å². The van der Waals surface area contributed by atoms with E-state index in [2.05, 4.69) is 35.9 Å². The van der Waals surface area contributed by atoms with Gasteiger partial charge in [-0.05, 0) is 30.5 Å². The van der Waals surface area contributed by atoms with E-state index in [0.29, 0.717) is 16.0 Å². The molecule has 0 aliphatic heterocycles. The van der Waals surface area contributed by atoms with Gasteiger partial charge in [-0.15, -0.1) is 11.8 Å². The van der Waals surface area contributed by atoms with Crippen LogP contribution in [0.2, 0.25) is 10.0 Å². The second-order valence-corrected chi connectivity index (χ2v) is 8.54. The first-order valence-electron chi connectivity index (χ1n) is 8.58. The van der Waals surface area contributed by atoms with E-state index < -0.39 is 17.4 Å². The molecule has 166 valence electrons. The van der Waals surface area contributed by atoms with E-state index in [9.17, 15) is 18.0 Å². The van der Waals surface area contributed by atoms with Crippen molar-refractivity contribution in [1.29, 1.82) is 0 Å². The third-order valence-corrected chi connectivity index (χ3v) is 6.35. The van der Waals surface area contributed by atoms with Gasteiger partial charge in [-0.3, -0.25) is 14.8 Å². The van der Waals surface area contributed by atoms with Gasteiger partial charge in [-0.25, -0.2) is 4.98 Å². The number of H-pyrrole nitrogens is 1. The summed E-state index contributed by atoms with van der Waals surface area (Å²) in [5, 5.41) is 1.92. The standard InChI is InChI=1S/C12H9ClF3N3OS.C7H7BrClN/c1-6-3-17-4-7(13)11(6)21-5-9-18-8(12(14,15)16)2-10(20)19-9;1-5-3-10-4-7(9)6(5)2-8/h2-4H,5H2,1H3,(H,18,19,20);3-4H,2H2,1H3. The number of aromatic amines is 1. The van der Waals surface area contributed by atoms with Crippen LogP contribution in [0.3, 0.4) is 0 Å². The lowest BCUT2D eigenvalue weighted by atomic mass is 10.2. The van der Waals surface area contributed by atoms with Crippen LogP contribution >= 0.6 is 50.9 Å². The molecule has 0 aromatic carbocycles. The minimum Gasteiger partial charge on any atom is -0.310 e. The second kappa shape index (κ2) is 11.3. The average molecular weight is 556 g/mol. The predicted octanol–water partition coefficient (Wildman–Crippen LogP) is 6.38. The van der Waals surface area contributed by atoms with Crippen molar-refractivity contribution in [3.8, 4) is 0 Å². The highest BCUT2D eigenvalue weighted by Crippen LogP contribution is 2.32. The SMILES string of the molecule is Cc1cncc(Cl)c1CBr.Cc1cncc(Cl)c1SCc1nc(C(F)(F)F)cc(=O)[nH]1. The van der Waals surface area contributed by atoms with Crippen molar-refractivity contribution in [3.05, 3.63) is 79.5 Å². The van der Waals surface area contributed by atoms with Gasteiger partial charge in [0.15, 0.2) is 5.69 Å². The molecular weight excluding hydrogens is 540 g/mol. The Morgan fingerprint density at radius 2 is 1.68 bits per heavy atom. The zero-order valence-electron chi connectivity index (χ0n) is 16.2. The molecule has 0 fully saturated rings. The fourth-order valence-corrected chi connectivity index (χ4v) is 4.73. The number of nitrogens with one attached hydrogen (secondary N) is 1. The number of thioether (sulfide) groups is 1. The van der Waals surface area contributed by atoms with Crippen LogP contribution in [0.4, 0.5) is 13.2 Å². The predicted molar refractivity (Wildman–Crippen MR) is 120 cm³/mol. The van der Waals surface area contributed by atoms with E-state index in [1.54, 1.807) is 19.3 Å². The van der Waals surface area contributed by atoms with Crippen molar-refractivity contribution in [2.75, 3.05) is 0 Å². The molecule has 0 amide bonds. The molecule has 3 aromatic heterocycles. The van der Waals surface area contributed by atoms with Gasteiger partial charge < -0.3 is 4.98 Å². The Hall–Kier alpha value is -1.62. The van der Waals surface area contributed by atoms with Crippen molar-refractivity contribution in [3.63, 3.8) is 0 Å². The van der Waals surface area contributed by atoms with Crippen LogP contribution in [0.5, 0.6) is 0 Å². The van der Waals surface area contributed by atoms with E-state index >= 15 is 0 Å². The van der Waals surface area contributed by atoms with E-state index in [1.807, 2.05) is 13.1 Å². The topological polar surface area (TPSA) is 71.5 Å². The molecule has 0 spiro atoms. The van der Waals surface area contributed by atoms with Crippen molar-refractivity contribution >= 4 is 50.9 Å². The highest BCUT2D eigenvalue weighted by atomic mass is 79.9. The number of pyridine rings is 2. The summed E-state index contributed by atoms with van der Waals surface area (Å²) in [7, 11) is 0. The Balaban J connectivity index is 0.000000285. The second-order valence-electron chi connectivity index (χ2n) is 6.18. The van der Waals surface area contributed by atoms with Crippen molar-refractivity contribution < 1.29 is 13.2 Å². The maximum absolute atomic E-state index is 12.6. The third-order valence-electron chi connectivity index (χ3n) is 3.82. The zero-order valence-corrected chi connectivity index (χ0v) is 20.1. The Morgan fingerprint density at radius 1 is 1.06 bits per heavy atom. The summed E-state index contributed by atoms with van der Waals surface area (Å²) >= 11 is 16.3. The monoisotopic (exact) mass is 554 g/mol. The molecule has 5 nitrogen and oxygen atoms in total. The van der Waals surface area contributed by atoms with Crippen LogP contribution in [-0.4, -0.2) is 19.9 Å². The van der Waals surface area contributed by atoms with Gasteiger partial charge in [-0.1, -0.05) is 39.1 Å². The Kier molecular flexibility index (Phi) is 9.35. The number of hydrogen-bond donors (Lipinski definition) is 1. The third kappa shape index (κ3) is 7.48. The number of nitrogens with zero attached hydrogens (tertiary/aromatic N) is 3. The fraction of sp³-hybridized carbons (Fsp3) is 0.263. The van der Waals surface area contributed by atoms with Crippen LogP contribution in [0.1, 0.15) is 28.2 Å². The molecule has 0 atom stereocenters. The summed E-state index contributed by atoms with van der Waals surface area (Å²) in [6.45, 7) is 3.78. The number of hydrogen-bond acceptors (Lipinski definition) is 5. The lowest BCUT2D eigenvalue weighted by Crippen LogP contribution is -2.18. The minimum atomic E-state index is -4.65. The van der Waals surface area contributed by atoms with Crippen LogP contribution < -0.4 is 5.56 Å². The summed E-state index contributed by atoms with van der Waals surface area (Å²) < 4.78 is 37.8. The lowest BCUT2D eigenvalue weighted by Gasteiger charge is -2.09. The number of rotatable bonds is 4. The quantitative estimate of drug-likeness (QED) is 0.299.